The first-order chi connectivity index (χ1) is 24.2. The van der Waals surface area contributed by atoms with Gasteiger partial charge in [-0.25, -0.2) is 4.79 Å². The van der Waals surface area contributed by atoms with E-state index in [-0.39, 0.29) is 63.1 Å². The third-order valence-corrected chi connectivity index (χ3v) is 6.45. The molecule has 0 amide bonds. The van der Waals surface area contributed by atoms with Crippen LogP contribution in [0.15, 0.2) is 48.5 Å². The highest BCUT2D eigenvalue weighted by molar-refractivity contribution is 5.96. The maximum Gasteiger partial charge on any atom is 0.416 e. The number of rotatable bonds is 29. The number of anilines is 2. The molecular weight excluding hydrogens is 671 g/mol. The summed E-state index contributed by atoms with van der Waals surface area (Å²) >= 11 is 0. The van der Waals surface area contributed by atoms with E-state index >= 15 is 0 Å². The summed E-state index contributed by atoms with van der Waals surface area (Å²) in [6, 6.07) is 11.1. The average Bonchev–Trinajstić information content (AvgIpc) is 3.08. The Morgan fingerprint density at radius 2 is 1.08 bits per heavy atom. The Morgan fingerprint density at radius 3 is 1.60 bits per heavy atom. The van der Waals surface area contributed by atoms with E-state index in [4.69, 9.17) is 43.0 Å². The van der Waals surface area contributed by atoms with Gasteiger partial charge in [-0.1, -0.05) is 18.2 Å². The molecule has 2 N–H and O–H groups in total. The monoisotopic (exact) mass is 717 g/mol. The fraction of sp³-hybridized carbons (Fsp3) is 0.559. The van der Waals surface area contributed by atoms with Crippen LogP contribution >= 0.6 is 0 Å². The minimum absolute atomic E-state index is 0.0157. The van der Waals surface area contributed by atoms with Gasteiger partial charge in [0.2, 0.25) is 0 Å². The van der Waals surface area contributed by atoms with Crippen molar-refractivity contribution in [3.05, 3.63) is 59.7 Å². The number of carbonyl (C=O) groups excluding carboxylic acids is 2. The maximum absolute atomic E-state index is 13.0. The molecule has 0 unspecified atom stereocenters. The van der Waals surface area contributed by atoms with Crippen LogP contribution in [0, 0.1) is 0 Å². The number of aliphatic carboxylic acids is 1. The highest BCUT2D eigenvalue weighted by atomic mass is 19.4. The molecule has 0 bridgehead atoms. The largest absolute Gasteiger partial charge is 0.481 e. The Bertz CT molecular complexity index is 1250. The zero-order chi connectivity index (χ0) is 36.3. The van der Waals surface area contributed by atoms with Gasteiger partial charge >= 0.3 is 24.1 Å². The van der Waals surface area contributed by atoms with Gasteiger partial charge < -0.3 is 48.3 Å². The minimum Gasteiger partial charge on any atom is -0.481 e. The Kier molecular flexibility index (Phi) is 22.1. The van der Waals surface area contributed by atoms with Crippen LogP contribution in [0.3, 0.4) is 0 Å². The summed E-state index contributed by atoms with van der Waals surface area (Å²) in [5.41, 5.74) is -0.131. The summed E-state index contributed by atoms with van der Waals surface area (Å²) in [5, 5.41) is 11.4. The predicted molar refractivity (Wildman–Crippen MR) is 173 cm³/mol. The molecule has 0 spiro atoms. The zero-order valence-electron chi connectivity index (χ0n) is 27.9. The molecule has 0 aliphatic rings. The second-order valence-corrected chi connectivity index (χ2v) is 10.4. The lowest BCUT2D eigenvalue weighted by Gasteiger charge is -2.13. The van der Waals surface area contributed by atoms with Gasteiger partial charge in [-0.2, -0.15) is 13.2 Å². The molecule has 0 heterocycles. The zero-order valence-corrected chi connectivity index (χ0v) is 27.9. The molecule has 13 nitrogen and oxygen atoms in total. The van der Waals surface area contributed by atoms with E-state index in [0.29, 0.717) is 78.0 Å². The van der Waals surface area contributed by atoms with Gasteiger partial charge in [-0.3, -0.25) is 9.59 Å². The SMILES string of the molecule is O=C(O)CCCCC(=O)OCCOCCOCCOCCOCCOCCOCCOC(=O)c1ccccc1Nc1cccc(C(F)(F)F)c1. The Labute approximate surface area is 289 Å². The molecule has 0 aliphatic heterocycles. The van der Waals surface area contributed by atoms with Gasteiger partial charge in [0.1, 0.15) is 13.2 Å². The number of carboxylic acids is 1. The van der Waals surface area contributed by atoms with Crippen LogP contribution in [0.2, 0.25) is 0 Å². The van der Waals surface area contributed by atoms with Crippen LogP contribution in [0.25, 0.3) is 0 Å². The fourth-order valence-electron chi connectivity index (χ4n) is 4.00. The van der Waals surface area contributed by atoms with Crippen molar-refractivity contribution in [3.8, 4) is 0 Å². The Morgan fingerprint density at radius 1 is 0.600 bits per heavy atom. The van der Waals surface area contributed by atoms with Gasteiger partial charge in [0.25, 0.3) is 0 Å². The molecule has 2 rings (SSSR count). The van der Waals surface area contributed by atoms with E-state index in [0.717, 1.165) is 12.1 Å². The highest BCUT2D eigenvalue weighted by Crippen LogP contribution is 2.32. The van der Waals surface area contributed by atoms with E-state index in [1.165, 1.54) is 18.2 Å². The standard InChI is InChI=1S/C34H46F3NO12/c35-34(36,37)27-6-5-7-28(26-27)38-30-9-2-1-8-29(30)33(42)50-25-23-48-21-19-46-17-15-44-13-12-43-14-16-45-18-20-47-22-24-49-32(41)11-4-3-10-31(39)40/h1-2,5-9,26,38H,3-4,10-25H2,(H,39,40). The molecule has 0 atom stereocenters. The second-order valence-electron chi connectivity index (χ2n) is 10.4. The lowest BCUT2D eigenvalue weighted by atomic mass is 10.1. The van der Waals surface area contributed by atoms with Crippen molar-refractivity contribution in [3.63, 3.8) is 0 Å². The summed E-state index contributed by atoms with van der Waals surface area (Å²) in [6.45, 7) is 4.16. The van der Waals surface area contributed by atoms with Crippen LogP contribution in [0.5, 0.6) is 0 Å². The number of hydrogen-bond donors (Lipinski definition) is 2. The smallest absolute Gasteiger partial charge is 0.416 e. The normalized spacial score (nSPS) is 11.3. The van der Waals surface area contributed by atoms with Gasteiger partial charge in [0.05, 0.1) is 96.1 Å². The van der Waals surface area contributed by atoms with Gasteiger partial charge in [0.15, 0.2) is 0 Å². The number of ether oxygens (including phenoxy) is 8. The number of alkyl halides is 3. The molecule has 0 fully saturated rings. The Hall–Kier alpha value is -3.80. The van der Waals surface area contributed by atoms with Crippen LogP contribution in [-0.4, -0.2) is 116 Å². The summed E-state index contributed by atoms with van der Waals surface area (Å²) < 4.78 is 81.7. The lowest BCUT2D eigenvalue weighted by molar-refractivity contribution is -0.146. The topological polar surface area (TPSA) is 157 Å². The molecule has 0 radical (unpaired) electrons. The van der Waals surface area contributed by atoms with Crippen LogP contribution in [0.1, 0.15) is 41.6 Å². The fourth-order valence-corrected chi connectivity index (χ4v) is 4.00. The van der Waals surface area contributed by atoms with Crippen LogP contribution in [-0.2, 0) is 53.7 Å². The van der Waals surface area contributed by atoms with E-state index in [9.17, 15) is 27.6 Å². The molecule has 0 aliphatic carbocycles. The lowest BCUT2D eigenvalue weighted by Crippen LogP contribution is -2.16. The molecule has 280 valence electrons. The van der Waals surface area contributed by atoms with Crippen molar-refractivity contribution in [2.45, 2.75) is 31.9 Å². The number of hydrogen-bond acceptors (Lipinski definition) is 12. The molecule has 2 aromatic carbocycles. The van der Waals surface area contributed by atoms with Crippen LogP contribution < -0.4 is 5.32 Å². The van der Waals surface area contributed by atoms with Gasteiger partial charge in [0, 0.05) is 18.5 Å². The second kappa shape index (κ2) is 26.1. The molecule has 50 heavy (non-hydrogen) atoms. The highest BCUT2D eigenvalue weighted by Gasteiger charge is 2.30. The first-order valence-electron chi connectivity index (χ1n) is 16.2. The van der Waals surface area contributed by atoms with Crippen molar-refractivity contribution in [1.82, 2.24) is 0 Å². The summed E-state index contributed by atoms with van der Waals surface area (Å²) in [4.78, 5) is 34.5. The predicted octanol–water partition coefficient (Wildman–Crippen LogP) is 4.89. The van der Waals surface area contributed by atoms with Crippen LogP contribution in [0.4, 0.5) is 24.5 Å². The Balaban J connectivity index is 1.35. The molecule has 0 saturated heterocycles. The summed E-state index contributed by atoms with van der Waals surface area (Å²) in [6.07, 6.45) is -3.33. The van der Waals surface area contributed by atoms with Crippen molar-refractivity contribution in [2.75, 3.05) is 97.8 Å². The first kappa shape index (κ1) is 42.4. The van der Waals surface area contributed by atoms with Crippen molar-refractivity contribution >= 4 is 29.3 Å². The quantitative estimate of drug-likeness (QED) is 0.0867. The number of nitrogens with one attached hydrogen (secondary N) is 1. The minimum atomic E-state index is -4.48. The molecule has 0 saturated carbocycles. The number of unbranched alkanes of at least 4 members (excludes halogenated alkanes) is 1. The van der Waals surface area contributed by atoms with E-state index < -0.39 is 23.7 Å². The van der Waals surface area contributed by atoms with E-state index in [1.807, 2.05) is 0 Å². The van der Waals surface area contributed by atoms with E-state index in [2.05, 4.69) is 5.32 Å². The van der Waals surface area contributed by atoms with Crippen molar-refractivity contribution in [2.24, 2.45) is 0 Å². The number of carbonyl (C=O) groups is 3. The average molecular weight is 718 g/mol. The number of halogens is 3. The third kappa shape index (κ3) is 20.7. The number of para-hydroxylation sites is 1. The molecule has 0 aromatic heterocycles. The van der Waals surface area contributed by atoms with Gasteiger partial charge in [-0.05, 0) is 43.2 Å². The summed E-state index contributed by atoms with van der Waals surface area (Å²) in [5.74, 6) is -1.89. The maximum atomic E-state index is 13.0. The number of carboxylic acid groups (broad SMARTS) is 1. The first-order valence-corrected chi connectivity index (χ1v) is 16.2. The summed E-state index contributed by atoms with van der Waals surface area (Å²) in [7, 11) is 0. The third-order valence-electron chi connectivity index (χ3n) is 6.45. The van der Waals surface area contributed by atoms with Crippen molar-refractivity contribution in [1.29, 1.82) is 0 Å². The number of esters is 2. The van der Waals surface area contributed by atoms with E-state index in [1.54, 1.807) is 18.2 Å². The molecular formula is C34H46F3NO12. The molecule has 2 aromatic rings. The number of benzene rings is 2. The van der Waals surface area contributed by atoms with Gasteiger partial charge in [-0.15, -0.1) is 0 Å². The molecule has 16 heteroatoms. The van der Waals surface area contributed by atoms with Crippen molar-refractivity contribution < 1.29 is 70.6 Å².